The van der Waals surface area contributed by atoms with Gasteiger partial charge in [0.25, 0.3) is 0 Å². The Morgan fingerprint density at radius 1 is 0.931 bits per heavy atom. The fraction of sp³-hybridized carbons (Fsp3) is 0.227. The highest BCUT2D eigenvalue weighted by atomic mass is 19.3. The van der Waals surface area contributed by atoms with Gasteiger partial charge in [-0.25, -0.2) is 0 Å². The molecule has 0 spiro atoms. The number of hydrogen-bond donors (Lipinski definition) is 4. The molecular formula is C22H23F2N3O2. The van der Waals surface area contributed by atoms with Crippen molar-refractivity contribution in [3.63, 3.8) is 0 Å². The summed E-state index contributed by atoms with van der Waals surface area (Å²) < 4.78 is 31.0. The molecule has 7 heteroatoms. The van der Waals surface area contributed by atoms with Gasteiger partial charge in [0.05, 0.1) is 0 Å². The van der Waals surface area contributed by atoms with Gasteiger partial charge in [0.15, 0.2) is 5.60 Å². The lowest BCUT2D eigenvalue weighted by atomic mass is 9.85. The van der Waals surface area contributed by atoms with Crippen molar-refractivity contribution < 1.29 is 19.0 Å². The number of alkyl halides is 2. The molecule has 1 atom stereocenters. The lowest BCUT2D eigenvalue weighted by Crippen LogP contribution is -2.51. The van der Waals surface area contributed by atoms with E-state index >= 15 is 8.78 Å². The van der Waals surface area contributed by atoms with Gasteiger partial charge in [0, 0.05) is 25.0 Å². The van der Waals surface area contributed by atoms with Crippen LogP contribution in [0.3, 0.4) is 0 Å². The Morgan fingerprint density at radius 3 is 2.17 bits per heavy atom. The van der Waals surface area contributed by atoms with Crippen LogP contribution in [0.4, 0.5) is 8.78 Å². The molecule has 152 valence electrons. The third kappa shape index (κ3) is 4.27. The summed E-state index contributed by atoms with van der Waals surface area (Å²) in [5.41, 5.74) is -1.56. The monoisotopic (exact) mass is 399 g/mol. The van der Waals surface area contributed by atoms with Crippen LogP contribution in [0, 0.1) is 0 Å². The maximum absolute atomic E-state index is 15.5. The first-order chi connectivity index (χ1) is 13.9. The highest BCUT2D eigenvalue weighted by Gasteiger charge is 2.55. The molecule has 5 nitrogen and oxygen atoms in total. The molecule has 3 rings (SSSR count). The predicted molar refractivity (Wildman–Crippen MR) is 108 cm³/mol. The molecule has 0 amide bonds. The van der Waals surface area contributed by atoms with Gasteiger partial charge in [0.2, 0.25) is 0 Å². The molecule has 1 heterocycles. The van der Waals surface area contributed by atoms with Gasteiger partial charge in [0.1, 0.15) is 11.4 Å². The molecule has 0 aliphatic rings. The molecule has 0 aliphatic heterocycles. The summed E-state index contributed by atoms with van der Waals surface area (Å²) in [6.45, 7) is -0.106. The molecule has 0 aliphatic carbocycles. The van der Waals surface area contributed by atoms with E-state index in [0.717, 1.165) is 5.56 Å². The first kappa shape index (κ1) is 20.9. The number of phenolic OH excluding ortho intramolecular Hbond substituents is 1. The van der Waals surface area contributed by atoms with Crippen LogP contribution in [0.15, 0.2) is 72.9 Å². The number of benzene rings is 2. The highest BCUT2D eigenvalue weighted by molar-refractivity contribution is 5.63. The minimum absolute atomic E-state index is 0.0954. The summed E-state index contributed by atoms with van der Waals surface area (Å²) in [6, 6.07) is 17.0. The smallest absolute Gasteiger partial charge is 0.323 e. The van der Waals surface area contributed by atoms with Crippen molar-refractivity contribution in [1.82, 2.24) is 15.6 Å². The summed E-state index contributed by atoms with van der Waals surface area (Å²) in [5, 5.41) is 26.1. The van der Waals surface area contributed by atoms with Crippen molar-refractivity contribution in [2.24, 2.45) is 0 Å². The second kappa shape index (κ2) is 8.65. The molecule has 0 radical (unpaired) electrons. The van der Waals surface area contributed by atoms with E-state index in [1.54, 1.807) is 37.4 Å². The molecule has 0 fully saturated rings. The molecule has 1 unspecified atom stereocenters. The first-order valence-corrected chi connectivity index (χ1v) is 9.15. The number of nitrogens with zero attached hydrogens (tertiary/aromatic N) is 1. The quantitative estimate of drug-likeness (QED) is 0.346. The summed E-state index contributed by atoms with van der Waals surface area (Å²) in [6.07, 6.45) is 1.34. The Labute approximate surface area is 168 Å². The minimum atomic E-state index is -3.65. The number of rotatable bonds is 8. The van der Waals surface area contributed by atoms with Gasteiger partial charge in [-0.3, -0.25) is 4.98 Å². The summed E-state index contributed by atoms with van der Waals surface area (Å²) >= 11 is 0. The number of nitrogens with one attached hydrogen (secondary N) is 2. The van der Waals surface area contributed by atoms with Gasteiger partial charge in [-0.1, -0.05) is 48.5 Å². The largest absolute Gasteiger partial charge is 0.508 e. The van der Waals surface area contributed by atoms with Crippen LogP contribution >= 0.6 is 0 Å². The fourth-order valence-electron chi connectivity index (χ4n) is 3.09. The lowest BCUT2D eigenvalue weighted by molar-refractivity contribution is -0.195. The molecule has 1 aromatic heterocycles. The van der Waals surface area contributed by atoms with Gasteiger partial charge >= 0.3 is 5.92 Å². The maximum atomic E-state index is 15.5. The third-order valence-electron chi connectivity index (χ3n) is 4.74. The molecule has 29 heavy (non-hydrogen) atoms. The lowest BCUT2D eigenvalue weighted by Gasteiger charge is -2.36. The van der Waals surface area contributed by atoms with Gasteiger partial charge in [-0.15, -0.1) is 0 Å². The molecule has 4 N–H and O–H groups in total. The normalized spacial score (nSPS) is 13.8. The van der Waals surface area contributed by atoms with Crippen LogP contribution in [0.25, 0.3) is 11.1 Å². The van der Waals surface area contributed by atoms with Crippen molar-refractivity contribution in [3.05, 3.63) is 84.2 Å². The Balaban J connectivity index is 1.95. The molecule has 0 bridgehead atoms. The van der Waals surface area contributed by atoms with Crippen LogP contribution in [-0.2, 0) is 11.5 Å². The topological polar surface area (TPSA) is 77.4 Å². The Morgan fingerprint density at radius 2 is 1.59 bits per heavy atom. The zero-order chi connectivity index (χ0) is 20.9. The predicted octanol–water partition coefficient (Wildman–Crippen LogP) is 3.20. The zero-order valence-electron chi connectivity index (χ0n) is 15.9. The van der Waals surface area contributed by atoms with E-state index in [0.29, 0.717) is 5.56 Å². The van der Waals surface area contributed by atoms with Gasteiger partial charge in [-0.2, -0.15) is 8.78 Å². The van der Waals surface area contributed by atoms with Crippen molar-refractivity contribution in [3.8, 4) is 16.9 Å². The van der Waals surface area contributed by atoms with Gasteiger partial charge in [-0.05, 0) is 36.4 Å². The number of aromatic nitrogens is 1. The van der Waals surface area contributed by atoms with Crippen LogP contribution in [0.1, 0.15) is 11.3 Å². The Bertz CT molecular complexity index is 919. The number of hydrogen-bond acceptors (Lipinski definition) is 5. The first-order valence-electron chi connectivity index (χ1n) is 9.15. The third-order valence-corrected chi connectivity index (χ3v) is 4.74. The average Bonchev–Trinajstić information content (AvgIpc) is 2.75. The van der Waals surface area contributed by atoms with E-state index in [1.165, 1.54) is 42.6 Å². The van der Waals surface area contributed by atoms with Gasteiger partial charge < -0.3 is 20.8 Å². The van der Waals surface area contributed by atoms with E-state index in [1.807, 2.05) is 0 Å². The van der Waals surface area contributed by atoms with Crippen LogP contribution < -0.4 is 10.6 Å². The molecule has 0 saturated heterocycles. The van der Waals surface area contributed by atoms with E-state index < -0.39 is 17.2 Å². The average molecular weight is 399 g/mol. The molecule has 3 aromatic rings. The van der Waals surface area contributed by atoms with Crippen molar-refractivity contribution in [2.75, 3.05) is 20.3 Å². The Kier molecular flexibility index (Phi) is 6.22. The number of halogens is 2. The van der Waals surface area contributed by atoms with Crippen molar-refractivity contribution >= 4 is 0 Å². The van der Waals surface area contributed by atoms with E-state index in [9.17, 15) is 10.2 Å². The minimum Gasteiger partial charge on any atom is -0.508 e. The fourth-order valence-corrected chi connectivity index (χ4v) is 3.09. The summed E-state index contributed by atoms with van der Waals surface area (Å²) in [5.74, 6) is -3.53. The summed E-state index contributed by atoms with van der Waals surface area (Å²) in [4.78, 5) is 3.95. The van der Waals surface area contributed by atoms with Crippen LogP contribution in [-0.4, -0.2) is 35.5 Å². The number of aliphatic hydroxyl groups is 1. The standard InChI is InChI=1S/C22H23F2N3O2/c1-25-15-26-14-21(29,18-5-3-2-4-6-18)22(23,24)20-12-9-17(13-27-20)16-7-10-19(28)11-8-16/h2-13,25-26,28-29H,14-15H2,1H3. The van der Waals surface area contributed by atoms with Crippen LogP contribution in [0.2, 0.25) is 0 Å². The number of pyridine rings is 1. The molecular weight excluding hydrogens is 376 g/mol. The molecule has 2 aromatic carbocycles. The van der Waals surface area contributed by atoms with Crippen molar-refractivity contribution in [2.45, 2.75) is 11.5 Å². The number of phenols is 1. The zero-order valence-corrected chi connectivity index (χ0v) is 15.9. The Hall–Kier alpha value is -2.87. The SMILES string of the molecule is CNCNCC(O)(c1ccccc1)C(F)(F)c1ccc(-c2ccc(O)cc2)cn1. The summed E-state index contributed by atoms with van der Waals surface area (Å²) in [7, 11) is 1.68. The second-order valence-electron chi connectivity index (χ2n) is 6.74. The number of aromatic hydroxyl groups is 1. The van der Waals surface area contributed by atoms with E-state index in [2.05, 4.69) is 15.6 Å². The van der Waals surface area contributed by atoms with Crippen molar-refractivity contribution in [1.29, 1.82) is 0 Å². The highest BCUT2D eigenvalue weighted by Crippen LogP contribution is 2.44. The maximum Gasteiger partial charge on any atom is 0.323 e. The van der Waals surface area contributed by atoms with Crippen LogP contribution in [0.5, 0.6) is 5.75 Å². The van der Waals surface area contributed by atoms with E-state index in [4.69, 9.17) is 0 Å². The van der Waals surface area contributed by atoms with E-state index in [-0.39, 0.29) is 24.5 Å². The molecule has 0 saturated carbocycles. The second-order valence-corrected chi connectivity index (χ2v) is 6.74.